The fraction of sp³-hybridized carbons (Fsp3) is 0.214. The number of nitrogens with one attached hydrogen (secondary N) is 1. The molecule has 2 rings (SSSR count). The summed E-state index contributed by atoms with van der Waals surface area (Å²) in [6.45, 7) is 2.05. The standard InChI is InChI=1S/C14H13BrClNOS/c1-2-12(13-4-3-7-19-13)17-14(18)10-8-9(15)5-6-11(10)16/h3-8,12H,2H2,1H3,(H,17,18). The second-order valence-electron chi connectivity index (χ2n) is 4.07. The third kappa shape index (κ3) is 3.59. The molecule has 0 aliphatic heterocycles. The van der Waals surface area contributed by atoms with Gasteiger partial charge in [0.2, 0.25) is 0 Å². The average Bonchev–Trinajstić information content (AvgIpc) is 2.92. The number of amides is 1. The van der Waals surface area contributed by atoms with Gasteiger partial charge in [0.1, 0.15) is 0 Å². The third-order valence-electron chi connectivity index (χ3n) is 2.77. The molecule has 19 heavy (non-hydrogen) atoms. The lowest BCUT2D eigenvalue weighted by Crippen LogP contribution is -2.27. The van der Waals surface area contributed by atoms with Crippen molar-refractivity contribution >= 4 is 44.8 Å². The number of halogens is 2. The predicted molar refractivity (Wildman–Crippen MR) is 84.0 cm³/mol. The maximum absolute atomic E-state index is 12.3. The number of benzene rings is 1. The largest absolute Gasteiger partial charge is 0.344 e. The molecule has 0 aliphatic rings. The van der Waals surface area contributed by atoms with Crippen LogP contribution in [0.15, 0.2) is 40.2 Å². The molecule has 0 bridgehead atoms. The Hall–Kier alpha value is -0.840. The van der Waals surface area contributed by atoms with Crippen molar-refractivity contribution in [2.24, 2.45) is 0 Å². The highest BCUT2D eigenvalue weighted by Crippen LogP contribution is 2.25. The molecule has 2 nitrogen and oxygen atoms in total. The minimum absolute atomic E-state index is 0.0301. The van der Waals surface area contributed by atoms with Gasteiger partial charge in [-0.1, -0.05) is 40.5 Å². The van der Waals surface area contributed by atoms with Crippen LogP contribution in [-0.4, -0.2) is 5.91 Å². The van der Waals surface area contributed by atoms with E-state index in [1.165, 1.54) is 0 Å². The Labute approximate surface area is 129 Å². The minimum Gasteiger partial charge on any atom is -0.344 e. The fourth-order valence-corrected chi connectivity index (χ4v) is 3.20. The van der Waals surface area contributed by atoms with E-state index in [0.29, 0.717) is 10.6 Å². The van der Waals surface area contributed by atoms with Gasteiger partial charge in [-0.05, 0) is 36.1 Å². The van der Waals surface area contributed by atoms with Crippen molar-refractivity contribution < 1.29 is 4.79 Å². The summed E-state index contributed by atoms with van der Waals surface area (Å²) in [6.07, 6.45) is 0.845. The van der Waals surface area contributed by atoms with Gasteiger partial charge in [0.15, 0.2) is 0 Å². The molecule has 0 spiro atoms. The first kappa shape index (κ1) is 14.6. The van der Waals surface area contributed by atoms with E-state index < -0.39 is 0 Å². The Morgan fingerprint density at radius 3 is 2.89 bits per heavy atom. The smallest absolute Gasteiger partial charge is 0.253 e. The summed E-state index contributed by atoms with van der Waals surface area (Å²) in [5, 5.41) is 5.49. The highest BCUT2D eigenvalue weighted by atomic mass is 79.9. The van der Waals surface area contributed by atoms with Crippen LogP contribution in [-0.2, 0) is 0 Å². The summed E-state index contributed by atoms with van der Waals surface area (Å²) >= 11 is 11.1. The molecule has 0 saturated heterocycles. The second-order valence-corrected chi connectivity index (χ2v) is 6.38. The molecule has 0 radical (unpaired) electrons. The lowest BCUT2D eigenvalue weighted by atomic mass is 10.1. The molecule has 1 heterocycles. The molecule has 1 atom stereocenters. The van der Waals surface area contributed by atoms with Crippen LogP contribution < -0.4 is 5.32 Å². The van der Waals surface area contributed by atoms with Crippen molar-refractivity contribution in [2.75, 3.05) is 0 Å². The summed E-state index contributed by atoms with van der Waals surface area (Å²) in [5.74, 6) is -0.147. The maximum atomic E-state index is 12.3. The molecule has 0 aliphatic carbocycles. The Bertz CT molecular complexity index is 571. The zero-order chi connectivity index (χ0) is 13.8. The average molecular weight is 359 g/mol. The molecule has 0 fully saturated rings. The van der Waals surface area contributed by atoms with Crippen LogP contribution in [0.5, 0.6) is 0 Å². The molecule has 1 amide bonds. The van der Waals surface area contributed by atoms with Gasteiger partial charge >= 0.3 is 0 Å². The molecule has 1 aromatic carbocycles. The Balaban J connectivity index is 2.18. The lowest BCUT2D eigenvalue weighted by Gasteiger charge is -2.16. The molecular weight excluding hydrogens is 346 g/mol. The maximum Gasteiger partial charge on any atom is 0.253 e. The number of hydrogen-bond acceptors (Lipinski definition) is 2. The zero-order valence-corrected chi connectivity index (χ0v) is 13.5. The van der Waals surface area contributed by atoms with E-state index in [9.17, 15) is 4.79 Å². The first-order valence-corrected chi connectivity index (χ1v) is 7.96. The number of hydrogen-bond donors (Lipinski definition) is 1. The van der Waals surface area contributed by atoms with Crippen LogP contribution in [0.4, 0.5) is 0 Å². The molecule has 100 valence electrons. The summed E-state index contributed by atoms with van der Waals surface area (Å²) in [7, 11) is 0. The van der Waals surface area contributed by atoms with Crippen molar-refractivity contribution in [3.63, 3.8) is 0 Å². The number of carbonyl (C=O) groups is 1. The highest BCUT2D eigenvalue weighted by Gasteiger charge is 2.17. The minimum atomic E-state index is -0.147. The molecule has 5 heteroatoms. The normalized spacial score (nSPS) is 12.2. The number of rotatable bonds is 4. The predicted octanol–water partition coefficient (Wildman–Crippen LogP) is 5.05. The van der Waals surface area contributed by atoms with Crippen LogP contribution in [0.25, 0.3) is 0 Å². The van der Waals surface area contributed by atoms with Crippen LogP contribution in [0.2, 0.25) is 5.02 Å². The fourth-order valence-electron chi connectivity index (χ4n) is 1.77. The van der Waals surface area contributed by atoms with Crippen LogP contribution >= 0.6 is 38.9 Å². The first-order chi connectivity index (χ1) is 9.11. The van der Waals surface area contributed by atoms with Crippen LogP contribution in [0.3, 0.4) is 0 Å². The van der Waals surface area contributed by atoms with Crippen LogP contribution in [0.1, 0.15) is 34.6 Å². The molecule has 2 aromatic rings. The van der Waals surface area contributed by atoms with E-state index in [4.69, 9.17) is 11.6 Å². The molecule has 1 unspecified atom stereocenters. The van der Waals surface area contributed by atoms with Crippen molar-refractivity contribution in [1.29, 1.82) is 0 Å². The summed E-state index contributed by atoms with van der Waals surface area (Å²) in [6, 6.07) is 9.31. The van der Waals surface area contributed by atoms with Gasteiger partial charge < -0.3 is 5.32 Å². The van der Waals surface area contributed by atoms with E-state index >= 15 is 0 Å². The quantitative estimate of drug-likeness (QED) is 0.814. The van der Waals surface area contributed by atoms with Crippen molar-refractivity contribution in [3.05, 3.63) is 55.6 Å². The summed E-state index contributed by atoms with van der Waals surface area (Å²) < 4.78 is 0.839. The topological polar surface area (TPSA) is 29.1 Å². The van der Waals surface area contributed by atoms with Gasteiger partial charge in [0, 0.05) is 9.35 Å². The monoisotopic (exact) mass is 357 g/mol. The molecule has 0 saturated carbocycles. The van der Waals surface area contributed by atoms with Gasteiger partial charge in [-0.15, -0.1) is 11.3 Å². The van der Waals surface area contributed by atoms with Gasteiger partial charge in [-0.25, -0.2) is 0 Å². The molecule has 1 N–H and O–H groups in total. The highest BCUT2D eigenvalue weighted by molar-refractivity contribution is 9.10. The van der Waals surface area contributed by atoms with Crippen LogP contribution in [0, 0.1) is 0 Å². The lowest BCUT2D eigenvalue weighted by molar-refractivity contribution is 0.0936. The molecule has 1 aromatic heterocycles. The van der Waals surface area contributed by atoms with Gasteiger partial charge in [-0.2, -0.15) is 0 Å². The van der Waals surface area contributed by atoms with Crippen molar-refractivity contribution in [2.45, 2.75) is 19.4 Å². The summed E-state index contributed by atoms with van der Waals surface area (Å²) in [4.78, 5) is 13.4. The Morgan fingerprint density at radius 1 is 1.47 bits per heavy atom. The van der Waals surface area contributed by atoms with Gasteiger partial charge in [-0.3, -0.25) is 4.79 Å². The first-order valence-electron chi connectivity index (χ1n) is 5.91. The van der Waals surface area contributed by atoms with E-state index in [-0.39, 0.29) is 11.9 Å². The Morgan fingerprint density at radius 2 is 2.26 bits per heavy atom. The van der Waals surface area contributed by atoms with Crippen molar-refractivity contribution in [1.82, 2.24) is 5.32 Å². The SMILES string of the molecule is CCC(NC(=O)c1cc(Br)ccc1Cl)c1cccs1. The number of carbonyl (C=O) groups excluding carboxylic acids is 1. The zero-order valence-electron chi connectivity index (χ0n) is 10.3. The van der Waals surface area contributed by atoms with E-state index in [2.05, 4.69) is 21.2 Å². The van der Waals surface area contributed by atoms with Crippen molar-refractivity contribution in [3.8, 4) is 0 Å². The van der Waals surface area contributed by atoms with Gasteiger partial charge in [0.05, 0.1) is 16.6 Å². The summed E-state index contributed by atoms with van der Waals surface area (Å²) in [5.41, 5.74) is 0.492. The van der Waals surface area contributed by atoms with E-state index in [0.717, 1.165) is 15.8 Å². The Kier molecular flexibility index (Phi) is 5.02. The number of thiophene rings is 1. The third-order valence-corrected chi connectivity index (χ3v) is 4.58. The van der Waals surface area contributed by atoms with Gasteiger partial charge in [0.25, 0.3) is 5.91 Å². The second kappa shape index (κ2) is 6.55. The molecular formula is C14H13BrClNOS. The van der Waals surface area contributed by atoms with E-state index in [1.807, 2.05) is 30.5 Å². The van der Waals surface area contributed by atoms with E-state index in [1.54, 1.807) is 23.5 Å².